The van der Waals surface area contributed by atoms with E-state index in [1.165, 1.54) is 0 Å². The van der Waals surface area contributed by atoms with E-state index in [1.807, 2.05) is 0 Å². The first-order chi connectivity index (χ1) is 7.88. The predicted octanol–water partition coefficient (Wildman–Crippen LogP) is 3.37. The van der Waals surface area contributed by atoms with E-state index < -0.39 is 11.6 Å². The lowest BCUT2D eigenvalue weighted by Crippen LogP contribution is -2.07. The van der Waals surface area contributed by atoms with Crippen molar-refractivity contribution < 1.29 is 23.0 Å². The van der Waals surface area contributed by atoms with Gasteiger partial charge in [-0.2, -0.15) is 13.2 Å². The van der Waals surface area contributed by atoms with E-state index in [0.717, 1.165) is 5.56 Å². The summed E-state index contributed by atoms with van der Waals surface area (Å²) in [5.41, 5.74) is -3.47. The van der Waals surface area contributed by atoms with Gasteiger partial charge in [-0.05, 0) is 36.4 Å². The molecule has 0 bridgehead atoms. The van der Waals surface area contributed by atoms with E-state index in [2.05, 4.69) is 0 Å². The van der Waals surface area contributed by atoms with Crippen molar-refractivity contribution in [3.63, 3.8) is 0 Å². The van der Waals surface area contributed by atoms with Crippen molar-refractivity contribution in [2.45, 2.75) is 18.5 Å². The van der Waals surface area contributed by atoms with Crippen LogP contribution in [0.1, 0.15) is 18.6 Å². The molecule has 0 saturated heterocycles. The third-order valence-electron chi connectivity index (χ3n) is 1.98. The van der Waals surface area contributed by atoms with E-state index in [1.54, 1.807) is 31.2 Å². The van der Waals surface area contributed by atoms with E-state index in [9.17, 15) is 18.3 Å². The number of benzene rings is 1. The fraction of sp³-hybridized carbons (Fsp3) is 0.455. The van der Waals surface area contributed by atoms with Crippen LogP contribution in [0.5, 0.6) is 5.75 Å². The van der Waals surface area contributed by atoms with Crippen molar-refractivity contribution in [2.24, 2.45) is 0 Å². The Morgan fingerprint density at radius 1 is 1.29 bits per heavy atom. The number of hydrogen-bond donors (Lipinski definition) is 1. The highest BCUT2D eigenvalue weighted by atomic mass is 32.2. The van der Waals surface area contributed by atoms with Gasteiger partial charge in [0.05, 0.1) is 12.7 Å². The summed E-state index contributed by atoms with van der Waals surface area (Å²) in [7, 11) is 0. The molecule has 0 heterocycles. The lowest BCUT2D eigenvalue weighted by molar-refractivity contribution is -0.0329. The standard InChI is InChI=1S/C11H13F3O2S/c1-8(15)9-2-4-10(5-3-9)16-6-7-17-11(12,13)14/h2-5,8,15H,6-7H2,1H3/t8-/m1/s1. The molecular formula is C11H13F3O2S. The summed E-state index contributed by atoms with van der Waals surface area (Å²) in [4.78, 5) is 0. The second-order valence-corrected chi connectivity index (χ2v) is 4.55. The number of aliphatic hydroxyl groups is 1. The third kappa shape index (κ3) is 5.83. The van der Waals surface area contributed by atoms with Gasteiger partial charge in [0.2, 0.25) is 0 Å². The molecule has 17 heavy (non-hydrogen) atoms. The molecule has 0 amide bonds. The maximum atomic E-state index is 11.8. The van der Waals surface area contributed by atoms with Crippen molar-refractivity contribution >= 4 is 11.8 Å². The number of rotatable bonds is 5. The monoisotopic (exact) mass is 266 g/mol. The molecule has 0 unspecified atom stereocenters. The SMILES string of the molecule is C[C@@H](O)c1ccc(OCCSC(F)(F)F)cc1. The van der Waals surface area contributed by atoms with Crippen molar-refractivity contribution in [1.29, 1.82) is 0 Å². The number of ether oxygens (including phenoxy) is 1. The number of aliphatic hydroxyl groups excluding tert-OH is 1. The number of halogens is 3. The molecule has 0 aliphatic rings. The average Bonchev–Trinajstić information content (AvgIpc) is 2.24. The van der Waals surface area contributed by atoms with Gasteiger partial charge in [-0.15, -0.1) is 0 Å². The van der Waals surface area contributed by atoms with Crippen molar-refractivity contribution in [2.75, 3.05) is 12.4 Å². The van der Waals surface area contributed by atoms with Gasteiger partial charge in [-0.25, -0.2) is 0 Å². The lowest BCUT2D eigenvalue weighted by Gasteiger charge is -2.09. The van der Waals surface area contributed by atoms with Gasteiger partial charge in [0, 0.05) is 5.75 Å². The van der Waals surface area contributed by atoms with Crippen LogP contribution in [0.2, 0.25) is 0 Å². The van der Waals surface area contributed by atoms with Gasteiger partial charge in [0.25, 0.3) is 0 Å². The summed E-state index contributed by atoms with van der Waals surface area (Å²) in [6.07, 6.45) is -0.565. The average molecular weight is 266 g/mol. The highest BCUT2D eigenvalue weighted by molar-refractivity contribution is 8.00. The molecule has 0 saturated carbocycles. The molecule has 2 nitrogen and oxygen atoms in total. The minimum atomic E-state index is -4.21. The number of thioether (sulfide) groups is 1. The molecule has 1 aromatic rings. The fourth-order valence-electron chi connectivity index (χ4n) is 1.16. The zero-order valence-corrected chi connectivity index (χ0v) is 10.0. The van der Waals surface area contributed by atoms with Gasteiger partial charge in [0.15, 0.2) is 0 Å². The number of alkyl halides is 3. The molecule has 0 fully saturated rings. The van der Waals surface area contributed by atoms with Crippen LogP contribution < -0.4 is 4.74 Å². The molecule has 0 radical (unpaired) electrons. The quantitative estimate of drug-likeness (QED) is 0.828. The molecule has 0 aliphatic carbocycles. The molecule has 1 atom stereocenters. The molecule has 1 rings (SSSR count). The molecular weight excluding hydrogens is 253 g/mol. The Bertz CT molecular complexity index is 336. The van der Waals surface area contributed by atoms with Crippen LogP contribution in [0.15, 0.2) is 24.3 Å². The van der Waals surface area contributed by atoms with Crippen molar-refractivity contribution in [1.82, 2.24) is 0 Å². The summed E-state index contributed by atoms with van der Waals surface area (Å²) in [5.74, 6) is 0.360. The molecule has 0 aromatic heterocycles. The van der Waals surface area contributed by atoms with Gasteiger partial charge in [0.1, 0.15) is 5.75 Å². The minimum absolute atomic E-state index is 0.00178. The molecule has 96 valence electrons. The Balaban J connectivity index is 2.33. The Hall–Kier alpha value is -0.880. The highest BCUT2D eigenvalue weighted by Crippen LogP contribution is 2.29. The second kappa shape index (κ2) is 6.16. The van der Waals surface area contributed by atoms with Crippen LogP contribution in [0.4, 0.5) is 13.2 Å². The molecule has 6 heteroatoms. The summed E-state index contributed by atoms with van der Waals surface area (Å²) >= 11 is -0.104. The topological polar surface area (TPSA) is 29.5 Å². The Kier molecular flexibility index (Phi) is 5.14. The summed E-state index contributed by atoms with van der Waals surface area (Å²) in [6, 6.07) is 6.61. The van der Waals surface area contributed by atoms with E-state index >= 15 is 0 Å². The second-order valence-electron chi connectivity index (χ2n) is 3.39. The van der Waals surface area contributed by atoms with Crippen LogP contribution in [0.25, 0.3) is 0 Å². The number of hydrogen-bond acceptors (Lipinski definition) is 3. The van der Waals surface area contributed by atoms with Crippen LogP contribution in [0, 0.1) is 0 Å². The van der Waals surface area contributed by atoms with Crippen LogP contribution in [-0.4, -0.2) is 23.0 Å². The third-order valence-corrected chi connectivity index (χ3v) is 2.68. The summed E-state index contributed by atoms with van der Waals surface area (Å²) in [5, 5.41) is 9.25. The predicted molar refractivity (Wildman–Crippen MR) is 61.1 cm³/mol. The van der Waals surface area contributed by atoms with Gasteiger partial charge >= 0.3 is 5.51 Å². The Morgan fingerprint density at radius 3 is 2.35 bits per heavy atom. The maximum Gasteiger partial charge on any atom is 0.441 e. The van der Waals surface area contributed by atoms with E-state index in [4.69, 9.17) is 4.74 Å². The van der Waals surface area contributed by atoms with E-state index in [0.29, 0.717) is 5.75 Å². The maximum absolute atomic E-state index is 11.8. The minimum Gasteiger partial charge on any atom is -0.493 e. The lowest BCUT2D eigenvalue weighted by atomic mass is 10.1. The fourth-order valence-corrected chi connectivity index (χ4v) is 1.56. The van der Waals surface area contributed by atoms with Gasteiger partial charge in [-0.3, -0.25) is 0 Å². The zero-order chi connectivity index (χ0) is 12.9. The molecule has 1 N–H and O–H groups in total. The smallest absolute Gasteiger partial charge is 0.441 e. The largest absolute Gasteiger partial charge is 0.493 e. The van der Waals surface area contributed by atoms with Gasteiger partial charge in [-0.1, -0.05) is 12.1 Å². The zero-order valence-electron chi connectivity index (χ0n) is 9.20. The summed E-state index contributed by atoms with van der Waals surface area (Å²) in [6.45, 7) is 1.63. The first-order valence-corrected chi connectivity index (χ1v) is 5.98. The van der Waals surface area contributed by atoms with Crippen LogP contribution in [-0.2, 0) is 0 Å². The molecule has 1 aromatic carbocycles. The first-order valence-electron chi connectivity index (χ1n) is 5.00. The van der Waals surface area contributed by atoms with Crippen molar-refractivity contribution in [3.8, 4) is 5.75 Å². The van der Waals surface area contributed by atoms with Crippen molar-refractivity contribution in [3.05, 3.63) is 29.8 Å². The molecule has 0 aliphatic heterocycles. The van der Waals surface area contributed by atoms with E-state index in [-0.39, 0.29) is 24.1 Å². The molecule has 0 spiro atoms. The van der Waals surface area contributed by atoms with Gasteiger partial charge < -0.3 is 9.84 Å². The first kappa shape index (κ1) is 14.2. The van der Waals surface area contributed by atoms with Crippen LogP contribution in [0.3, 0.4) is 0 Å². The van der Waals surface area contributed by atoms with Crippen LogP contribution >= 0.6 is 11.8 Å². The Morgan fingerprint density at radius 2 is 1.88 bits per heavy atom. The summed E-state index contributed by atoms with van der Waals surface area (Å²) < 4.78 is 40.5. The normalized spacial score (nSPS) is 13.5. The Labute approximate surface area is 102 Å². The highest BCUT2D eigenvalue weighted by Gasteiger charge is 2.27.